The van der Waals surface area contributed by atoms with Crippen LogP contribution in [0.1, 0.15) is 32.6 Å². The molecule has 1 saturated heterocycles. The number of amides is 4. The van der Waals surface area contributed by atoms with Crippen LogP contribution >= 0.6 is 11.8 Å². The highest BCUT2D eigenvalue weighted by Crippen LogP contribution is 2.25. The number of aliphatic hydroxyl groups is 1. The normalized spacial score (nSPS) is 15.6. The topological polar surface area (TPSA) is 137 Å². The van der Waals surface area contributed by atoms with Crippen molar-refractivity contribution in [1.29, 1.82) is 0 Å². The number of carbonyl (C=O) groups excluding carboxylic acids is 4. The maximum atomic E-state index is 13.6. The molecule has 1 fully saturated rings. The summed E-state index contributed by atoms with van der Waals surface area (Å²) in [7, 11) is 1.50. The van der Waals surface area contributed by atoms with Gasteiger partial charge in [0.25, 0.3) is 17.7 Å². The van der Waals surface area contributed by atoms with Crippen molar-refractivity contribution >= 4 is 35.4 Å². The van der Waals surface area contributed by atoms with E-state index >= 15 is 0 Å². The van der Waals surface area contributed by atoms with Crippen LogP contribution in [-0.4, -0.2) is 77.1 Å². The monoisotopic (exact) mass is 618 g/mol. The van der Waals surface area contributed by atoms with Gasteiger partial charge in [-0.3, -0.25) is 19.2 Å². The molecule has 4 rings (SSSR count). The molecule has 0 bridgehead atoms. The van der Waals surface area contributed by atoms with Crippen LogP contribution in [0.5, 0.6) is 5.75 Å². The lowest BCUT2D eigenvalue weighted by molar-refractivity contribution is -0.146. The van der Waals surface area contributed by atoms with Crippen LogP contribution in [0.3, 0.4) is 0 Å². The summed E-state index contributed by atoms with van der Waals surface area (Å²) in [5.74, 6) is -0.975. The molecule has 1 heterocycles. The summed E-state index contributed by atoms with van der Waals surface area (Å²) in [6.07, 6.45) is -1.46. The van der Waals surface area contributed by atoms with E-state index < -0.39 is 36.6 Å². The number of aliphatic hydroxyl groups excluding tert-OH is 1. The third-order valence-electron chi connectivity index (χ3n) is 7.49. The predicted octanol–water partition coefficient (Wildman–Crippen LogP) is 2.35. The zero-order valence-electron chi connectivity index (χ0n) is 25.0. The van der Waals surface area contributed by atoms with E-state index in [-0.39, 0.29) is 35.4 Å². The maximum absolute atomic E-state index is 13.6. The van der Waals surface area contributed by atoms with E-state index in [1.54, 1.807) is 25.1 Å². The summed E-state index contributed by atoms with van der Waals surface area (Å²) in [6.45, 7) is 3.62. The summed E-state index contributed by atoms with van der Waals surface area (Å²) >= 11 is 1.42. The van der Waals surface area contributed by atoms with Crippen LogP contribution in [0.4, 0.5) is 0 Å². The summed E-state index contributed by atoms with van der Waals surface area (Å²) < 4.78 is 5.76. The van der Waals surface area contributed by atoms with Gasteiger partial charge in [0.1, 0.15) is 11.8 Å². The number of hydrogen-bond acceptors (Lipinski definition) is 7. The van der Waals surface area contributed by atoms with Crippen molar-refractivity contribution < 1.29 is 29.0 Å². The Morgan fingerprint density at radius 2 is 1.68 bits per heavy atom. The van der Waals surface area contributed by atoms with Gasteiger partial charge in [-0.2, -0.15) is 0 Å². The van der Waals surface area contributed by atoms with Crippen molar-refractivity contribution in [3.05, 3.63) is 101 Å². The van der Waals surface area contributed by atoms with E-state index in [4.69, 9.17) is 4.74 Å². The number of thioether (sulfide) groups is 1. The molecule has 0 saturated carbocycles. The Kier molecular flexibility index (Phi) is 11.4. The fourth-order valence-electron chi connectivity index (χ4n) is 4.98. The number of para-hydroxylation sites is 1. The van der Waals surface area contributed by atoms with Gasteiger partial charge in [0.2, 0.25) is 5.91 Å². The summed E-state index contributed by atoms with van der Waals surface area (Å²) in [5.41, 5.74) is 3.79. The standard InChI is InChI=1S/C33H38N4O6S/c1-21-10-7-8-14-24(21)17-35-32(41)27-19-44-20-37(27)33(42)29(39)26(16-23-12-5-4-6-13-23)36-28(38)18-43-30-22(2)11-9-15-25(30)31(40)34-3/h4-15,26-27,29,39H,16-20H2,1-3H3,(H,34,40)(H,35,41)(H,36,38)/t26-,27-,29-/m0/s1. The van der Waals surface area contributed by atoms with E-state index in [1.165, 1.54) is 23.7 Å². The molecule has 0 radical (unpaired) electrons. The van der Waals surface area contributed by atoms with E-state index in [0.717, 1.165) is 16.7 Å². The van der Waals surface area contributed by atoms with Crippen molar-refractivity contribution in [2.75, 3.05) is 25.3 Å². The number of nitrogens with zero attached hydrogens (tertiary/aromatic N) is 1. The smallest absolute Gasteiger partial charge is 0.258 e. The Morgan fingerprint density at radius 1 is 0.977 bits per heavy atom. The number of benzene rings is 3. The molecule has 10 nitrogen and oxygen atoms in total. The van der Waals surface area contributed by atoms with Gasteiger partial charge in [-0.1, -0.05) is 66.7 Å². The minimum atomic E-state index is -1.62. The van der Waals surface area contributed by atoms with E-state index in [2.05, 4.69) is 16.0 Å². The van der Waals surface area contributed by atoms with E-state index in [1.807, 2.05) is 61.5 Å². The molecule has 0 aromatic heterocycles. The van der Waals surface area contributed by atoms with Crippen molar-refractivity contribution in [1.82, 2.24) is 20.9 Å². The van der Waals surface area contributed by atoms with Crippen molar-refractivity contribution in [3.63, 3.8) is 0 Å². The molecule has 1 aliphatic heterocycles. The molecule has 4 N–H and O–H groups in total. The van der Waals surface area contributed by atoms with Crippen LogP contribution in [-0.2, 0) is 27.3 Å². The summed E-state index contributed by atoms with van der Waals surface area (Å²) in [4.78, 5) is 53.6. The highest BCUT2D eigenvalue weighted by Gasteiger charge is 2.40. The van der Waals surface area contributed by atoms with Gasteiger partial charge in [0.05, 0.1) is 17.5 Å². The van der Waals surface area contributed by atoms with E-state index in [0.29, 0.717) is 17.9 Å². The molecular formula is C33H38N4O6S. The molecule has 3 atom stereocenters. The lowest BCUT2D eigenvalue weighted by atomic mass is 9.99. The first-order valence-corrected chi connectivity index (χ1v) is 15.5. The van der Waals surface area contributed by atoms with E-state index in [9.17, 15) is 24.3 Å². The van der Waals surface area contributed by atoms with Crippen LogP contribution < -0.4 is 20.7 Å². The molecular weight excluding hydrogens is 580 g/mol. The Morgan fingerprint density at radius 3 is 2.41 bits per heavy atom. The number of ether oxygens (including phenoxy) is 1. The number of hydrogen-bond donors (Lipinski definition) is 4. The highest BCUT2D eigenvalue weighted by molar-refractivity contribution is 7.99. The van der Waals surface area contributed by atoms with Crippen LogP contribution in [0.2, 0.25) is 0 Å². The summed E-state index contributed by atoms with van der Waals surface area (Å²) in [5, 5.41) is 19.6. The average Bonchev–Trinajstić information content (AvgIpc) is 3.53. The zero-order chi connectivity index (χ0) is 31.6. The number of aryl methyl sites for hydroxylation is 2. The first kappa shape index (κ1) is 32.6. The van der Waals surface area contributed by atoms with Gasteiger partial charge in [0, 0.05) is 19.3 Å². The van der Waals surface area contributed by atoms with Gasteiger partial charge in [-0.25, -0.2) is 0 Å². The molecule has 11 heteroatoms. The second-order valence-electron chi connectivity index (χ2n) is 10.6. The quantitative estimate of drug-likeness (QED) is 0.245. The third kappa shape index (κ3) is 8.18. The first-order chi connectivity index (χ1) is 21.2. The summed E-state index contributed by atoms with van der Waals surface area (Å²) in [6, 6.07) is 20.2. The Hall–Kier alpha value is -4.35. The fourth-order valence-corrected chi connectivity index (χ4v) is 6.14. The van der Waals surface area contributed by atoms with Gasteiger partial charge in [0.15, 0.2) is 12.7 Å². The molecule has 232 valence electrons. The Labute approximate surface area is 261 Å². The molecule has 4 amide bonds. The van der Waals surface area contributed by atoms with Gasteiger partial charge >= 0.3 is 0 Å². The van der Waals surface area contributed by atoms with Gasteiger partial charge in [-0.15, -0.1) is 11.8 Å². The number of rotatable bonds is 12. The largest absolute Gasteiger partial charge is 0.483 e. The van der Waals surface area contributed by atoms with Crippen LogP contribution in [0.15, 0.2) is 72.8 Å². The van der Waals surface area contributed by atoms with Crippen molar-refractivity contribution in [2.24, 2.45) is 0 Å². The SMILES string of the molecule is CNC(=O)c1cccc(C)c1OCC(=O)N[C@@H](Cc1ccccc1)[C@H](O)C(=O)N1CSC[C@H]1C(=O)NCc1ccccc1C. The molecule has 0 unspecified atom stereocenters. The second kappa shape index (κ2) is 15.4. The fraction of sp³-hybridized carbons (Fsp3) is 0.333. The molecule has 44 heavy (non-hydrogen) atoms. The van der Waals surface area contributed by atoms with Gasteiger partial charge < -0.3 is 30.7 Å². The lowest BCUT2D eigenvalue weighted by Crippen LogP contribution is -2.56. The first-order valence-electron chi connectivity index (χ1n) is 14.4. The average molecular weight is 619 g/mol. The predicted molar refractivity (Wildman–Crippen MR) is 169 cm³/mol. The third-order valence-corrected chi connectivity index (χ3v) is 8.50. The van der Waals surface area contributed by atoms with Crippen molar-refractivity contribution in [3.8, 4) is 5.75 Å². The lowest BCUT2D eigenvalue weighted by Gasteiger charge is -2.30. The van der Waals surface area contributed by atoms with Gasteiger partial charge in [-0.05, 0) is 48.6 Å². The molecule has 3 aromatic rings. The van der Waals surface area contributed by atoms with Crippen LogP contribution in [0.25, 0.3) is 0 Å². The highest BCUT2D eigenvalue weighted by atomic mass is 32.2. The zero-order valence-corrected chi connectivity index (χ0v) is 25.9. The second-order valence-corrected chi connectivity index (χ2v) is 11.6. The molecule has 3 aromatic carbocycles. The minimum Gasteiger partial charge on any atom is -0.483 e. The number of carbonyl (C=O) groups is 4. The Bertz CT molecular complexity index is 1480. The maximum Gasteiger partial charge on any atom is 0.258 e. The molecule has 0 aliphatic carbocycles. The number of nitrogens with one attached hydrogen (secondary N) is 3. The minimum absolute atomic E-state index is 0.165. The Balaban J connectivity index is 1.45. The molecule has 1 aliphatic rings. The molecule has 0 spiro atoms. The van der Waals surface area contributed by atoms with Crippen molar-refractivity contribution in [2.45, 2.75) is 45.0 Å². The van der Waals surface area contributed by atoms with Crippen LogP contribution in [0, 0.1) is 13.8 Å².